The quantitative estimate of drug-likeness (QED) is 0.270. The van der Waals surface area contributed by atoms with E-state index in [4.69, 9.17) is 0 Å². The Balaban J connectivity index is 1.25. The van der Waals surface area contributed by atoms with Crippen molar-refractivity contribution < 1.29 is 9.18 Å². The van der Waals surface area contributed by atoms with Crippen molar-refractivity contribution in [3.8, 4) is 16.8 Å². The molecule has 4 aromatic rings. The number of nitrogens with zero attached hydrogens (tertiary/aromatic N) is 2. The molecule has 1 heterocycles. The van der Waals surface area contributed by atoms with Gasteiger partial charge < -0.3 is 4.57 Å². The highest BCUT2D eigenvalue weighted by molar-refractivity contribution is 8.00. The molecule has 4 nitrogen and oxygen atoms in total. The molecule has 6 heteroatoms. The molecule has 1 amide bonds. The maximum Gasteiger partial charge on any atom is 0.250 e. The van der Waals surface area contributed by atoms with E-state index in [1.807, 2.05) is 54.8 Å². The molecule has 1 aliphatic rings. The molecule has 170 valence electrons. The summed E-state index contributed by atoms with van der Waals surface area (Å²) in [5.41, 5.74) is 10.7. The number of nitrogens with one attached hydrogen (secondary N) is 1. The number of rotatable bonds is 6. The third kappa shape index (κ3) is 4.05. The van der Waals surface area contributed by atoms with Gasteiger partial charge in [0.25, 0.3) is 0 Å². The minimum absolute atomic E-state index is 0.127. The van der Waals surface area contributed by atoms with Crippen LogP contribution in [0, 0.1) is 19.7 Å². The second-order valence-corrected chi connectivity index (χ2v) is 9.37. The van der Waals surface area contributed by atoms with Crippen molar-refractivity contribution >= 4 is 23.9 Å². The van der Waals surface area contributed by atoms with Crippen LogP contribution in [0.25, 0.3) is 16.8 Å². The van der Waals surface area contributed by atoms with E-state index < -0.39 is 0 Å². The predicted molar refractivity (Wildman–Crippen MR) is 137 cm³/mol. The molecule has 0 saturated carbocycles. The number of aromatic nitrogens is 1. The zero-order valence-electron chi connectivity index (χ0n) is 19.0. The van der Waals surface area contributed by atoms with E-state index >= 15 is 0 Å². The fraction of sp³-hybridized carbons (Fsp3) is 0.143. The van der Waals surface area contributed by atoms with Crippen LogP contribution in [0.4, 0.5) is 4.39 Å². The summed E-state index contributed by atoms with van der Waals surface area (Å²) in [7, 11) is 0. The van der Waals surface area contributed by atoms with E-state index in [0.717, 1.165) is 17.0 Å². The van der Waals surface area contributed by atoms with Crippen LogP contribution in [-0.4, -0.2) is 22.4 Å². The lowest BCUT2D eigenvalue weighted by Crippen LogP contribution is -2.20. The number of fused-ring (bicyclic) bond motifs is 3. The zero-order chi connectivity index (χ0) is 23.7. The summed E-state index contributed by atoms with van der Waals surface area (Å²) in [6.45, 7) is 3.83. The second kappa shape index (κ2) is 9.31. The molecular formula is C28H24FN3OS. The van der Waals surface area contributed by atoms with Gasteiger partial charge in [0, 0.05) is 17.0 Å². The lowest BCUT2D eigenvalue weighted by atomic mass is 10.1. The van der Waals surface area contributed by atoms with Gasteiger partial charge in [-0.3, -0.25) is 4.79 Å². The molecule has 0 saturated heterocycles. The highest BCUT2D eigenvalue weighted by Gasteiger charge is 2.28. The first-order valence-electron chi connectivity index (χ1n) is 11.1. The summed E-state index contributed by atoms with van der Waals surface area (Å²) in [6, 6.07) is 25.3. The highest BCUT2D eigenvalue weighted by atomic mass is 32.2. The van der Waals surface area contributed by atoms with Crippen LogP contribution in [0.2, 0.25) is 0 Å². The van der Waals surface area contributed by atoms with Gasteiger partial charge >= 0.3 is 0 Å². The van der Waals surface area contributed by atoms with Crippen LogP contribution in [-0.2, 0) is 4.79 Å². The standard InChI is InChI=1S/C28H24FN3OS/c1-18-15-20(19(2)32(18)26-14-8-7-13-25(26)29)16-30-31-27(33)17-34-28-23-11-5-3-9-21(23)22-10-4-6-12-24(22)28/h3-16,28H,17H2,1-2H3,(H,31,33)/b30-16-. The first-order chi connectivity index (χ1) is 16.5. The van der Waals surface area contributed by atoms with Crippen molar-refractivity contribution in [1.82, 2.24) is 9.99 Å². The lowest BCUT2D eigenvalue weighted by molar-refractivity contribution is -0.118. The van der Waals surface area contributed by atoms with E-state index in [1.165, 1.54) is 28.3 Å². The molecule has 3 aromatic carbocycles. The summed E-state index contributed by atoms with van der Waals surface area (Å²) in [5.74, 6) is -0.155. The Morgan fingerprint density at radius 3 is 2.29 bits per heavy atom. The van der Waals surface area contributed by atoms with Gasteiger partial charge in [0.2, 0.25) is 5.91 Å². The predicted octanol–water partition coefficient (Wildman–Crippen LogP) is 6.19. The molecule has 0 aliphatic heterocycles. The minimum Gasteiger partial charge on any atom is -0.315 e. The summed E-state index contributed by atoms with van der Waals surface area (Å²) >= 11 is 1.60. The molecule has 0 atom stereocenters. The highest BCUT2D eigenvalue weighted by Crippen LogP contribution is 2.49. The number of halogens is 1. The minimum atomic E-state index is -0.284. The third-order valence-electron chi connectivity index (χ3n) is 6.11. The monoisotopic (exact) mass is 469 g/mol. The summed E-state index contributed by atoms with van der Waals surface area (Å²) in [5, 5.41) is 4.29. The molecule has 1 aliphatic carbocycles. The normalized spacial score (nSPS) is 12.7. The first kappa shape index (κ1) is 22.2. The van der Waals surface area contributed by atoms with E-state index in [9.17, 15) is 9.18 Å². The Morgan fingerprint density at radius 2 is 1.62 bits per heavy atom. The average Bonchev–Trinajstić information content (AvgIpc) is 3.31. The number of thioether (sulfide) groups is 1. The van der Waals surface area contributed by atoms with Crippen molar-refractivity contribution in [1.29, 1.82) is 0 Å². The number of hydrogen-bond donors (Lipinski definition) is 1. The van der Waals surface area contributed by atoms with Crippen LogP contribution in [0.15, 0.2) is 84.0 Å². The summed E-state index contributed by atoms with van der Waals surface area (Å²) in [4.78, 5) is 12.5. The molecule has 1 aromatic heterocycles. The fourth-order valence-corrected chi connectivity index (χ4v) is 5.73. The van der Waals surface area contributed by atoms with Crippen LogP contribution in [0.1, 0.15) is 33.3 Å². The number of hydrazone groups is 1. The second-order valence-electron chi connectivity index (χ2n) is 8.27. The zero-order valence-corrected chi connectivity index (χ0v) is 19.8. The van der Waals surface area contributed by atoms with Crippen LogP contribution in [0.3, 0.4) is 0 Å². The molecular weight excluding hydrogens is 445 g/mol. The van der Waals surface area contributed by atoms with E-state index in [2.05, 4.69) is 34.8 Å². The molecule has 0 bridgehead atoms. The average molecular weight is 470 g/mol. The number of aryl methyl sites for hydroxylation is 1. The molecule has 0 radical (unpaired) electrons. The Morgan fingerprint density at radius 1 is 1.00 bits per heavy atom. The van der Waals surface area contributed by atoms with Crippen molar-refractivity contribution in [2.45, 2.75) is 19.1 Å². The summed E-state index contributed by atoms with van der Waals surface area (Å²) in [6.07, 6.45) is 1.61. The fourth-order valence-electron chi connectivity index (χ4n) is 4.58. The van der Waals surface area contributed by atoms with E-state index in [1.54, 1.807) is 30.1 Å². The molecule has 0 spiro atoms. The van der Waals surface area contributed by atoms with Gasteiger partial charge in [-0.1, -0.05) is 60.7 Å². The number of carbonyl (C=O) groups is 1. The van der Waals surface area contributed by atoms with Crippen molar-refractivity contribution in [2.75, 3.05) is 5.75 Å². The van der Waals surface area contributed by atoms with E-state index in [-0.39, 0.29) is 17.0 Å². The number of hydrogen-bond acceptors (Lipinski definition) is 3. The third-order valence-corrected chi connectivity index (χ3v) is 7.38. The molecule has 0 fully saturated rings. The van der Waals surface area contributed by atoms with Gasteiger partial charge in [0.15, 0.2) is 0 Å². The Hall–Kier alpha value is -3.64. The molecule has 34 heavy (non-hydrogen) atoms. The van der Waals surface area contributed by atoms with Gasteiger partial charge in [0.1, 0.15) is 5.82 Å². The maximum absolute atomic E-state index is 14.3. The molecule has 0 unspecified atom stereocenters. The number of amides is 1. The Kier molecular flexibility index (Phi) is 6.07. The van der Waals surface area contributed by atoms with Crippen molar-refractivity contribution in [3.63, 3.8) is 0 Å². The molecule has 5 rings (SSSR count). The van der Waals surface area contributed by atoms with Crippen LogP contribution >= 0.6 is 11.8 Å². The summed E-state index contributed by atoms with van der Waals surface area (Å²) < 4.78 is 16.1. The number of para-hydroxylation sites is 1. The SMILES string of the molecule is Cc1cc(/C=N\NC(=O)CSC2c3ccccc3-c3ccccc32)c(C)n1-c1ccccc1F. The van der Waals surface area contributed by atoms with Gasteiger partial charge in [-0.25, -0.2) is 9.82 Å². The Bertz CT molecular complexity index is 1360. The maximum atomic E-state index is 14.3. The van der Waals surface area contributed by atoms with Crippen molar-refractivity contribution in [3.05, 3.63) is 113 Å². The first-order valence-corrected chi connectivity index (χ1v) is 12.1. The van der Waals surface area contributed by atoms with E-state index in [0.29, 0.717) is 11.4 Å². The van der Waals surface area contributed by atoms with Crippen LogP contribution in [0.5, 0.6) is 0 Å². The Labute approximate surface area is 202 Å². The molecule has 1 N–H and O–H groups in total. The lowest BCUT2D eigenvalue weighted by Gasteiger charge is -2.12. The number of benzene rings is 3. The topological polar surface area (TPSA) is 46.4 Å². The largest absolute Gasteiger partial charge is 0.315 e. The number of carbonyl (C=O) groups excluding carboxylic acids is 1. The van der Waals surface area contributed by atoms with Crippen LogP contribution < -0.4 is 5.43 Å². The van der Waals surface area contributed by atoms with Gasteiger partial charge in [0.05, 0.1) is 22.9 Å². The van der Waals surface area contributed by atoms with Gasteiger partial charge in [-0.2, -0.15) is 5.10 Å². The smallest absolute Gasteiger partial charge is 0.250 e. The van der Waals surface area contributed by atoms with Gasteiger partial charge in [-0.05, 0) is 54.3 Å². The van der Waals surface area contributed by atoms with Crippen molar-refractivity contribution in [2.24, 2.45) is 5.10 Å². The van der Waals surface area contributed by atoms with Gasteiger partial charge in [-0.15, -0.1) is 11.8 Å².